The fraction of sp³-hybridized carbons (Fsp3) is 0.500. The Labute approximate surface area is 108 Å². The van der Waals surface area contributed by atoms with Crippen molar-refractivity contribution in [1.82, 2.24) is 10.2 Å². The minimum atomic E-state index is -0.371. The molecule has 98 valence electrons. The maximum Gasteiger partial charge on any atom is 0.248 e. The molecule has 1 aromatic carbocycles. The van der Waals surface area contributed by atoms with Gasteiger partial charge in [-0.05, 0) is 31.5 Å². The van der Waals surface area contributed by atoms with E-state index in [1.807, 2.05) is 12.1 Å². The molecule has 4 heteroatoms. The molecule has 4 nitrogen and oxygen atoms in total. The monoisotopic (exact) mass is 247 g/mol. The lowest BCUT2D eigenvalue weighted by Crippen LogP contribution is -2.57. The highest BCUT2D eigenvalue weighted by Crippen LogP contribution is 2.19. The van der Waals surface area contributed by atoms with E-state index in [1.54, 1.807) is 12.1 Å². The third kappa shape index (κ3) is 2.89. The molecule has 1 heterocycles. The van der Waals surface area contributed by atoms with Gasteiger partial charge in [0.15, 0.2) is 0 Å². The SMILES string of the molecule is CC1(C)CNCCN1Cc1ccc(C(N)=O)cc1. The smallest absolute Gasteiger partial charge is 0.248 e. The highest BCUT2D eigenvalue weighted by atomic mass is 16.1. The van der Waals surface area contributed by atoms with Crippen LogP contribution in [0.4, 0.5) is 0 Å². The van der Waals surface area contributed by atoms with Crippen LogP contribution >= 0.6 is 0 Å². The van der Waals surface area contributed by atoms with Gasteiger partial charge in [0.05, 0.1) is 0 Å². The van der Waals surface area contributed by atoms with Crippen molar-refractivity contribution in [3.63, 3.8) is 0 Å². The number of rotatable bonds is 3. The number of hydrogen-bond donors (Lipinski definition) is 2. The van der Waals surface area contributed by atoms with Gasteiger partial charge in [0.1, 0.15) is 0 Å². The Balaban J connectivity index is 2.06. The Morgan fingerprint density at radius 3 is 2.61 bits per heavy atom. The lowest BCUT2D eigenvalue weighted by atomic mass is 9.99. The minimum absolute atomic E-state index is 0.167. The van der Waals surface area contributed by atoms with Crippen molar-refractivity contribution in [3.8, 4) is 0 Å². The van der Waals surface area contributed by atoms with Crippen LogP contribution in [0, 0.1) is 0 Å². The molecule has 0 unspecified atom stereocenters. The maximum absolute atomic E-state index is 11.0. The van der Waals surface area contributed by atoms with Crippen molar-refractivity contribution in [3.05, 3.63) is 35.4 Å². The second-order valence-corrected chi connectivity index (χ2v) is 5.47. The molecule has 0 radical (unpaired) electrons. The first kappa shape index (κ1) is 13.1. The van der Waals surface area contributed by atoms with Crippen molar-refractivity contribution in [2.45, 2.75) is 25.9 Å². The molecule has 0 aromatic heterocycles. The zero-order chi connectivity index (χ0) is 13.2. The van der Waals surface area contributed by atoms with Gasteiger partial charge in [0.25, 0.3) is 0 Å². The van der Waals surface area contributed by atoms with E-state index in [4.69, 9.17) is 5.73 Å². The van der Waals surface area contributed by atoms with Crippen LogP contribution in [0.2, 0.25) is 0 Å². The molecule has 0 bridgehead atoms. The summed E-state index contributed by atoms with van der Waals surface area (Å²) in [6, 6.07) is 7.57. The van der Waals surface area contributed by atoms with E-state index in [9.17, 15) is 4.79 Å². The second kappa shape index (κ2) is 5.08. The average molecular weight is 247 g/mol. The number of carbonyl (C=O) groups is 1. The normalized spacial score (nSPS) is 19.7. The molecule has 1 amide bonds. The predicted octanol–water partition coefficient (Wildman–Crippen LogP) is 0.969. The number of nitrogens with two attached hydrogens (primary N) is 1. The van der Waals surface area contributed by atoms with E-state index in [1.165, 1.54) is 5.56 Å². The van der Waals surface area contributed by atoms with Gasteiger partial charge < -0.3 is 11.1 Å². The summed E-state index contributed by atoms with van der Waals surface area (Å²) in [4.78, 5) is 13.5. The molecule has 3 N–H and O–H groups in total. The molecule has 1 fully saturated rings. The third-order valence-corrected chi connectivity index (χ3v) is 3.58. The molecule has 0 aliphatic carbocycles. The van der Waals surface area contributed by atoms with Crippen LogP contribution < -0.4 is 11.1 Å². The van der Waals surface area contributed by atoms with Crippen LogP contribution in [-0.4, -0.2) is 36.0 Å². The van der Waals surface area contributed by atoms with E-state index in [2.05, 4.69) is 24.1 Å². The molecule has 0 saturated carbocycles. The fourth-order valence-corrected chi connectivity index (χ4v) is 2.31. The number of carbonyl (C=O) groups excluding carboxylic acids is 1. The summed E-state index contributed by atoms with van der Waals surface area (Å²) in [5.41, 5.74) is 7.19. The predicted molar refractivity (Wildman–Crippen MR) is 72.3 cm³/mol. The van der Waals surface area contributed by atoms with Crippen molar-refractivity contribution < 1.29 is 4.79 Å². The molecule has 1 aromatic rings. The number of nitrogens with zero attached hydrogens (tertiary/aromatic N) is 1. The van der Waals surface area contributed by atoms with E-state index < -0.39 is 0 Å². The first-order valence-corrected chi connectivity index (χ1v) is 6.33. The first-order chi connectivity index (χ1) is 8.49. The first-order valence-electron chi connectivity index (χ1n) is 6.33. The number of piperazine rings is 1. The Bertz CT molecular complexity index is 425. The average Bonchev–Trinajstić information content (AvgIpc) is 2.32. The van der Waals surface area contributed by atoms with Crippen molar-refractivity contribution >= 4 is 5.91 Å². The summed E-state index contributed by atoms with van der Waals surface area (Å²) < 4.78 is 0. The Morgan fingerprint density at radius 1 is 1.39 bits per heavy atom. The van der Waals surface area contributed by atoms with Crippen molar-refractivity contribution in [2.24, 2.45) is 5.73 Å². The third-order valence-electron chi connectivity index (χ3n) is 3.58. The number of amides is 1. The topological polar surface area (TPSA) is 58.4 Å². The summed E-state index contributed by atoms with van der Waals surface area (Å²) in [6.07, 6.45) is 0. The summed E-state index contributed by atoms with van der Waals surface area (Å²) in [5.74, 6) is -0.371. The van der Waals surface area contributed by atoms with Crippen LogP contribution in [0.1, 0.15) is 29.8 Å². The van der Waals surface area contributed by atoms with Gasteiger partial charge in [-0.2, -0.15) is 0 Å². The minimum Gasteiger partial charge on any atom is -0.366 e. The van der Waals surface area contributed by atoms with Gasteiger partial charge >= 0.3 is 0 Å². The molecule has 0 spiro atoms. The van der Waals surface area contributed by atoms with Crippen molar-refractivity contribution in [2.75, 3.05) is 19.6 Å². The Kier molecular flexibility index (Phi) is 3.68. The lowest BCUT2D eigenvalue weighted by Gasteiger charge is -2.42. The summed E-state index contributed by atoms with van der Waals surface area (Å²) in [6.45, 7) is 8.49. The zero-order valence-corrected chi connectivity index (χ0v) is 11.1. The Hall–Kier alpha value is -1.39. The van der Waals surface area contributed by atoms with Crippen LogP contribution in [0.25, 0.3) is 0 Å². The zero-order valence-electron chi connectivity index (χ0n) is 11.1. The molecule has 0 atom stereocenters. The van der Waals surface area contributed by atoms with Gasteiger partial charge in [-0.3, -0.25) is 9.69 Å². The van der Waals surface area contributed by atoms with Gasteiger partial charge in [-0.1, -0.05) is 12.1 Å². The van der Waals surface area contributed by atoms with Gasteiger partial charge in [0, 0.05) is 37.3 Å². The van der Waals surface area contributed by atoms with Crippen LogP contribution in [0.5, 0.6) is 0 Å². The Morgan fingerprint density at radius 2 is 2.06 bits per heavy atom. The molecule has 18 heavy (non-hydrogen) atoms. The lowest BCUT2D eigenvalue weighted by molar-refractivity contribution is 0.0827. The van der Waals surface area contributed by atoms with E-state index in [0.29, 0.717) is 5.56 Å². The summed E-state index contributed by atoms with van der Waals surface area (Å²) in [7, 11) is 0. The molecular weight excluding hydrogens is 226 g/mol. The molecule has 1 aliphatic rings. The maximum atomic E-state index is 11.0. The number of benzene rings is 1. The molecule has 1 aliphatic heterocycles. The van der Waals surface area contributed by atoms with Gasteiger partial charge in [-0.15, -0.1) is 0 Å². The van der Waals surface area contributed by atoms with Crippen LogP contribution in [0.3, 0.4) is 0 Å². The number of nitrogens with one attached hydrogen (secondary N) is 1. The quantitative estimate of drug-likeness (QED) is 0.836. The second-order valence-electron chi connectivity index (χ2n) is 5.47. The van der Waals surface area contributed by atoms with E-state index in [-0.39, 0.29) is 11.4 Å². The van der Waals surface area contributed by atoms with Crippen LogP contribution in [-0.2, 0) is 6.54 Å². The van der Waals surface area contributed by atoms with Gasteiger partial charge in [-0.25, -0.2) is 0 Å². The highest BCUT2D eigenvalue weighted by Gasteiger charge is 2.29. The number of primary amides is 1. The van der Waals surface area contributed by atoms with E-state index in [0.717, 1.165) is 26.2 Å². The van der Waals surface area contributed by atoms with Gasteiger partial charge in [0.2, 0.25) is 5.91 Å². The summed E-state index contributed by atoms with van der Waals surface area (Å²) >= 11 is 0. The fourth-order valence-electron chi connectivity index (χ4n) is 2.31. The highest BCUT2D eigenvalue weighted by molar-refractivity contribution is 5.92. The van der Waals surface area contributed by atoms with Crippen LogP contribution in [0.15, 0.2) is 24.3 Å². The molecular formula is C14H21N3O. The summed E-state index contributed by atoms with van der Waals surface area (Å²) in [5, 5.41) is 3.41. The molecule has 1 saturated heterocycles. The molecule has 2 rings (SSSR count). The van der Waals surface area contributed by atoms with E-state index >= 15 is 0 Å². The number of hydrogen-bond acceptors (Lipinski definition) is 3. The standard InChI is InChI=1S/C14H21N3O/c1-14(2)10-16-7-8-17(14)9-11-3-5-12(6-4-11)13(15)18/h3-6,16H,7-10H2,1-2H3,(H2,15,18). The van der Waals surface area contributed by atoms with Crippen molar-refractivity contribution in [1.29, 1.82) is 0 Å². The largest absolute Gasteiger partial charge is 0.366 e.